The summed E-state index contributed by atoms with van der Waals surface area (Å²) in [5, 5.41) is 13.9. The minimum atomic E-state index is -0.959. The summed E-state index contributed by atoms with van der Waals surface area (Å²) in [5.74, 6) is -0.0742. The van der Waals surface area contributed by atoms with Crippen molar-refractivity contribution < 1.29 is 19.4 Å². The van der Waals surface area contributed by atoms with E-state index in [2.05, 4.69) is 71.7 Å². The van der Waals surface area contributed by atoms with Crippen LogP contribution in [0, 0.1) is 5.41 Å². The number of thiazole rings is 1. The van der Waals surface area contributed by atoms with Gasteiger partial charge in [0.1, 0.15) is 11.9 Å². The molecule has 0 fully saturated rings. The number of aromatic nitrogens is 3. The minimum Gasteiger partial charge on any atom is -0.484 e. The molecule has 5 rings (SSSR count). The number of ether oxygens (including phenoxy) is 2. The quantitative estimate of drug-likeness (QED) is 0.136. The van der Waals surface area contributed by atoms with Gasteiger partial charge in [-0.15, -0.1) is 11.8 Å². The Hall–Kier alpha value is -3.82. The summed E-state index contributed by atoms with van der Waals surface area (Å²) < 4.78 is 14.1. The van der Waals surface area contributed by atoms with Gasteiger partial charge in [0, 0.05) is 56.3 Å². The zero-order valence-corrected chi connectivity index (χ0v) is 28.6. The average molecular weight is 644 g/mol. The Bertz CT molecular complexity index is 1770. The molecule has 0 bridgehead atoms. The van der Waals surface area contributed by atoms with E-state index in [1.807, 2.05) is 43.5 Å². The third-order valence-electron chi connectivity index (χ3n) is 7.45. The summed E-state index contributed by atoms with van der Waals surface area (Å²) >= 11 is 3.27. The van der Waals surface area contributed by atoms with Crippen LogP contribution in [0.15, 0.2) is 77.1 Å². The molecule has 2 aromatic carbocycles. The maximum atomic E-state index is 12.4. The Balaban J connectivity index is 1.58. The van der Waals surface area contributed by atoms with E-state index in [0.29, 0.717) is 24.8 Å². The highest BCUT2D eigenvalue weighted by molar-refractivity contribution is 8.00. The summed E-state index contributed by atoms with van der Waals surface area (Å²) in [6.07, 6.45) is 1.93. The van der Waals surface area contributed by atoms with Crippen molar-refractivity contribution in [2.24, 2.45) is 5.41 Å². The van der Waals surface area contributed by atoms with Crippen LogP contribution in [0.25, 0.3) is 22.2 Å². The molecular weight excluding hydrogens is 603 g/mol. The smallest absolute Gasteiger partial charge is 0.309 e. The molecule has 0 aliphatic heterocycles. The molecule has 0 aliphatic rings. The van der Waals surface area contributed by atoms with Crippen LogP contribution in [-0.4, -0.2) is 37.0 Å². The third-order valence-corrected chi connectivity index (χ3v) is 9.47. The molecule has 3 aromatic heterocycles. The lowest BCUT2D eigenvalue weighted by atomic mass is 9.88. The number of benzene rings is 2. The van der Waals surface area contributed by atoms with Crippen molar-refractivity contribution in [2.75, 3.05) is 6.61 Å². The number of carboxylic acid groups (broad SMARTS) is 1. The topological polar surface area (TPSA) is 86.5 Å². The van der Waals surface area contributed by atoms with Crippen LogP contribution in [0.5, 0.6) is 10.9 Å². The van der Waals surface area contributed by atoms with Gasteiger partial charge in [0.25, 0.3) is 5.19 Å². The number of hydrogen-bond acceptors (Lipinski definition) is 7. The van der Waals surface area contributed by atoms with Crippen molar-refractivity contribution in [1.82, 2.24) is 14.5 Å². The van der Waals surface area contributed by atoms with Gasteiger partial charge in [0.2, 0.25) is 0 Å². The molecule has 236 valence electrons. The largest absolute Gasteiger partial charge is 0.484 e. The predicted octanol–water partition coefficient (Wildman–Crippen LogP) is 9.29. The number of aliphatic carboxylic acids is 1. The first-order chi connectivity index (χ1) is 21.3. The Labute approximate surface area is 273 Å². The molecule has 9 heteroatoms. The van der Waals surface area contributed by atoms with E-state index in [-0.39, 0.29) is 10.9 Å². The number of pyridine rings is 1. The highest BCUT2D eigenvalue weighted by atomic mass is 32.2. The number of carboxylic acids is 1. The lowest BCUT2D eigenvalue weighted by Crippen LogP contribution is -2.28. The number of hydrogen-bond donors (Lipinski definition) is 1. The zero-order chi connectivity index (χ0) is 32.4. The summed E-state index contributed by atoms with van der Waals surface area (Å²) in [7, 11) is 0. The van der Waals surface area contributed by atoms with E-state index < -0.39 is 11.4 Å². The second kappa shape index (κ2) is 13.3. The van der Waals surface area contributed by atoms with Gasteiger partial charge in [-0.05, 0) is 63.6 Å². The van der Waals surface area contributed by atoms with Crippen molar-refractivity contribution in [3.63, 3.8) is 0 Å². The number of thioether (sulfide) groups is 1. The van der Waals surface area contributed by atoms with Gasteiger partial charge in [0.15, 0.2) is 0 Å². The van der Waals surface area contributed by atoms with Crippen LogP contribution < -0.4 is 9.47 Å². The SMILES string of the molecule is CCOc1nc(-c2ccc(Cn3c(CC(C)(C)C(=O)O)c(SC(C)(C)C)c4cc(OC(C)c5ccccn5)ccc43)cc2)cs1. The average Bonchev–Trinajstić information content (AvgIpc) is 3.56. The van der Waals surface area contributed by atoms with Gasteiger partial charge in [-0.1, -0.05) is 62.4 Å². The lowest BCUT2D eigenvalue weighted by molar-refractivity contribution is -0.146. The molecule has 0 aliphatic carbocycles. The molecule has 1 N–H and O–H groups in total. The van der Waals surface area contributed by atoms with Crippen molar-refractivity contribution in [3.05, 3.63) is 89.2 Å². The van der Waals surface area contributed by atoms with Gasteiger partial charge in [-0.2, -0.15) is 0 Å². The lowest BCUT2D eigenvalue weighted by Gasteiger charge is -2.24. The van der Waals surface area contributed by atoms with E-state index in [0.717, 1.165) is 49.8 Å². The monoisotopic (exact) mass is 643 g/mol. The molecule has 1 atom stereocenters. The van der Waals surface area contributed by atoms with E-state index in [1.54, 1.807) is 31.8 Å². The van der Waals surface area contributed by atoms with Crippen LogP contribution in [0.1, 0.15) is 71.5 Å². The normalized spacial score (nSPS) is 12.8. The second-order valence-corrected chi connectivity index (χ2v) is 15.4. The predicted molar refractivity (Wildman–Crippen MR) is 184 cm³/mol. The molecule has 45 heavy (non-hydrogen) atoms. The molecule has 5 aromatic rings. The Morgan fingerprint density at radius 2 is 1.82 bits per heavy atom. The highest BCUT2D eigenvalue weighted by Gasteiger charge is 2.33. The van der Waals surface area contributed by atoms with Crippen molar-refractivity contribution in [3.8, 4) is 22.2 Å². The minimum absolute atomic E-state index is 0.102. The first kappa shape index (κ1) is 32.6. The maximum Gasteiger partial charge on any atom is 0.309 e. The van der Waals surface area contributed by atoms with Gasteiger partial charge in [0.05, 0.1) is 23.4 Å². The summed E-state index contributed by atoms with van der Waals surface area (Å²) in [6.45, 7) is 15.3. The molecule has 0 radical (unpaired) electrons. The molecule has 0 amide bonds. The van der Waals surface area contributed by atoms with Crippen molar-refractivity contribution in [2.45, 2.75) is 77.2 Å². The van der Waals surface area contributed by atoms with Crippen LogP contribution in [0.2, 0.25) is 0 Å². The van der Waals surface area contributed by atoms with E-state index in [1.165, 1.54) is 11.3 Å². The van der Waals surface area contributed by atoms with Crippen LogP contribution >= 0.6 is 23.1 Å². The van der Waals surface area contributed by atoms with Gasteiger partial charge >= 0.3 is 5.97 Å². The molecule has 0 spiro atoms. The van der Waals surface area contributed by atoms with E-state index >= 15 is 0 Å². The molecular formula is C36H41N3O4S2. The maximum absolute atomic E-state index is 12.4. The number of nitrogens with zero attached hydrogens (tertiary/aromatic N) is 3. The molecule has 7 nitrogen and oxygen atoms in total. The fourth-order valence-corrected chi connectivity index (χ4v) is 7.05. The summed E-state index contributed by atoms with van der Waals surface area (Å²) in [4.78, 5) is 22.5. The summed E-state index contributed by atoms with van der Waals surface area (Å²) in [6, 6.07) is 20.4. The van der Waals surface area contributed by atoms with E-state index in [9.17, 15) is 9.90 Å². The standard InChI is InChI=1S/C36H41N3O4S2/c1-8-42-34-38-29(22-44-34)25-14-12-24(13-15-25)21-39-30-17-16-26(43-23(2)28-11-9-10-18-37-28)19-27(30)32(45-35(3,4)5)31(39)20-36(6,7)33(40)41/h9-19,22-23H,8,20-21H2,1-7H3,(H,40,41). The molecule has 1 unspecified atom stereocenters. The van der Waals surface area contributed by atoms with Crippen LogP contribution in [0.3, 0.4) is 0 Å². The Morgan fingerprint density at radius 3 is 2.47 bits per heavy atom. The van der Waals surface area contributed by atoms with Crippen LogP contribution in [-0.2, 0) is 17.8 Å². The van der Waals surface area contributed by atoms with Crippen molar-refractivity contribution in [1.29, 1.82) is 0 Å². The fraction of sp³-hybridized carbons (Fsp3) is 0.361. The van der Waals surface area contributed by atoms with Crippen LogP contribution in [0.4, 0.5) is 0 Å². The highest BCUT2D eigenvalue weighted by Crippen LogP contribution is 2.44. The number of fused-ring (bicyclic) bond motifs is 1. The number of rotatable bonds is 12. The fourth-order valence-electron chi connectivity index (χ4n) is 5.12. The van der Waals surface area contributed by atoms with Crippen molar-refractivity contribution >= 4 is 40.0 Å². The summed E-state index contributed by atoms with van der Waals surface area (Å²) in [5.41, 5.74) is 4.98. The van der Waals surface area contributed by atoms with Gasteiger partial charge in [-0.25, -0.2) is 4.98 Å². The first-order valence-electron chi connectivity index (χ1n) is 15.2. The molecule has 0 saturated carbocycles. The Kier molecular flexibility index (Phi) is 9.60. The second-order valence-electron chi connectivity index (χ2n) is 12.8. The number of carbonyl (C=O) groups is 1. The van der Waals surface area contributed by atoms with Gasteiger partial charge in [-0.3, -0.25) is 9.78 Å². The van der Waals surface area contributed by atoms with Gasteiger partial charge < -0.3 is 19.1 Å². The molecule has 0 saturated heterocycles. The third kappa shape index (κ3) is 7.71. The Morgan fingerprint density at radius 1 is 1.07 bits per heavy atom. The molecule has 3 heterocycles. The van der Waals surface area contributed by atoms with E-state index in [4.69, 9.17) is 9.47 Å². The zero-order valence-electron chi connectivity index (χ0n) is 27.0. The first-order valence-corrected chi connectivity index (χ1v) is 16.9.